The zero-order valence-corrected chi connectivity index (χ0v) is 18.0. The first kappa shape index (κ1) is 21.1. The van der Waals surface area contributed by atoms with Crippen LogP contribution in [0.1, 0.15) is 51.8 Å². The van der Waals surface area contributed by atoms with Gasteiger partial charge >= 0.3 is 0 Å². The van der Waals surface area contributed by atoms with E-state index in [4.69, 9.17) is 4.98 Å². The summed E-state index contributed by atoms with van der Waals surface area (Å²) in [5.74, 6) is 0.903. The summed E-state index contributed by atoms with van der Waals surface area (Å²) in [5, 5.41) is 3.03. The molecule has 0 aliphatic carbocycles. The molecule has 1 N–H and O–H groups in total. The summed E-state index contributed by atoms with van der Waals surface area (Å²) in [7, 11) is 0. The minimum absolute atomic E-state index is 0.0992. The van der Waals surface area contributed by atoms with Gasteiger partial charge in [-0.15, -0.1) is 0 Å². The Balaban J connectivity index is 1.37. The molecule has 0 radical (unpaired) electrons. The number of aryl methyl sites for hydroxylation is 1. The van der Waals surface area contributed by atoms with Crippen molar-refractivity contribution in [1.82, 2.24) is 25.2 Å². The van der Waals surface area contributed by atoms with E-state index in [1.54, 1.807) is 6.20 Å². The molecular weight excluding hydrogens is 386 g/mol. The molecule has 0 saturated carbocycles. The molecule has 1 fully saturated rings. The van der Waals surface area contributed by atoms with Crippen LogP contribution in [-0.4, -0.2) is 45.4 Å². The van der Waals surface area contributed by atoms with Gasteiger partial charge in [-0.3, -0.25) is 9.78 Å². The molecule has 3 aromatic rings. The number of amides is 1. The average Bonchev–Trinajstić information content (AvgIpc) is 2.83. The van der Waals surface area contributed by atoms with Gasteiger partial charge in [-0.05, 0) is 56.5 Å². The van der Waals surface area contributed by atoms with Crippen LogP contribution in [0.2, 0.25) is 0 Å². The summed E-state index contributed by atoms with van der Waals surface area (Å²) in [6, 6.07) is 14.1. The van der Waals surface area contributed by atoms with Gasteiger partial charge in [0, 0.05) is 37.6 Å². The Morgan fingerprint density at radius 2 is 1.84 bits per heavy atom. The highest BCUT2D eigenvalue weighted by Gasteiger charge is 2.26. The molecule has 1 aromatic carbocycles. The minimum Gasteiger partial charge on any atom is -0.348 e. The molecule has 4 rings (SSSR count). The second kappa shape index (κ2) is 10.3. The Labute approximate surface area is 183 Å². The van der Waals surface area contributed by atoms with E-state index in [0.717, 1.165) is 50.2 Å². The van der Waals surface area contributed by atoms with Crippen molar-refractivity contribution in [2.24, 2.45) is 0 Å². The second-order valence-electron chi connectivity index (χ2n) is 8.11. The van der Waals surface area contributed by atoms with E-state index >= 15 is 0 Å². The Bertz CT molecular complexity index is 985. The van der Waals surface area contributed by atoms with Crippen LogP contribution in [0.4, 0.5) is 0 Å². The summed E-state index contributed by atoms with van der Waals surface area (Å²) in [4.78, 5) is 28.6. The first-order valence-electron chi connectivity index (χ1n) is 11.0. The standard InChI is InChI=1S/C25H29N5O/c1-19-27-18-23(25(31)28-17-20-6-3-2-4-7-20)24(29-19)22-10-14-30(15-11-22)13-9-21-8-5-12-26-16-21/h2-8,12,16,18,22H,9-11,13-15,17H2,1H3,(H,28,31). The predicted octanol–water partition coefficient (Wildman–Crippen LogP) is 3.53. The van der Waals surface area contributed by atoms with E-state index in [1.165, 1.54) is 5.56 Å². The fraction of sp³-hybridized carbons (Fsp3) is 0.360. The molecule has 0 unspecified atom stereocenters. The van der Waals surface area contributed by atoms with Crippen molar-refractivity contribution in [3.05, 3.63) is 89.3 Å². The fourth-order valence-electron chi connectivity index (χ4n) is 4.11. The number of nitrogens with one attached hydrogen (secondary N) is 1. The van der Waals surface area contributed by atoms with Gasteiger partial charge in [0.2, 0.25) is 0 Å². The molecular formula is C25H29N5O. The highest BCUT2D eigenvalue weighted by molar-refractivity contribution is 5.95. The molecule has 6 nitrogen and oxygen atoms in total. The van der Waals surface area contributed by atoms with Gasteiger partial charge in [0.15, 0.2) is 0 Å². The molecule has 1 amide bonds. The third kappa shape index (κ3) is 5.73. The van der Waals surface area contributed by atoms with Gasteiger partial charge in [-0.25, -0.2) is 9.97 Å². The predicted molar refractivity (Wildman–Crippen MR) is 121 cm³/mol. The van der Waals surface area contributed by atoms with Crippen molar-refractivity contribution >= 4 is 5.91 Å². The number of carbonyl (C=O) groups is 1. The molecule has 0 spiro atoms. The largest absolute Gasteiger partial charge is 0.348 e. The number of hydrogen-bond acceptors (Lipinski definition) is 5. The van der Waals surface area contributed by atoms with Gasteiger partial charge in [-0.2, -0.15) is 0 Å². The molecule has 6 heteroatoms. The normalized spacial score (nSPS) is 15.0. The van der Waals surface area contributed by atoms with Crippen molar-refractivity contribution in [3.8, 4) is 0 Å². The van der Waals surface area contributed by atoms with Crippen LogP contribution in [0, 0.1) is 6.92 Å². The number of aromatic nitrogens is 3. The average molecular weight is 416 g/mol. The fourth-order valence-corrected chi connectivity index (χ4v) is 4.11. The lowest BCUT2D eigenvalue weighted by atomic mass is 9.90. The zero-order valence-electron chi connectivity index (χ0n) is 18.0. The maximum absolute atomic E-state index is 12.9. The Morgan fingerprint density at radius 1 is 1.06 bits per heavy atom. The maximum atomic E-state index is 12.9. The number of carbonyl (C=O) groups excluding carboxylic acids is 1. The Kier molecular flexibility index (Phi) is 6.99. The molecule has 160 valence electrons. The number of nitrogens with zero attached hydrogens (tertiary/aromatic N) is 4. The molecule has 0 bridgehead atoms. The lowest BCUT2D eigenvalue weighted by Crippen LogP contribution is -2.35. The van der Waals surface area contributed by atoms with Gasteiger partial charge in [0.25, 0.3) is 5.91 Å². The lowest BCUT2D eigenvalue weighted by Gasteiger charge is -2.32. The van der Waals surface area contributed by atoms with Gasteiger partial charge < -0.3 is 10.2 Å². The van der Waals surface area contributed by atoms with Gasteiger partial charge in [-0.1, -0.05) is 36.4 Å². The first-order chi connectivity index (χ1) is 15.2. The molecule has 1 aliphatic rings. The van der Waals surface area contributed by atoms with Crippen LogP contribution in [0.15, 0.2) is 61.1 Å². The number of hydrogen-bond donors (Lipinski definition) is 1. The number of benzene rings is 1. The number of likely N-dealkylation sites (tertiary alicyclic amines) is 1. The number of rotatable bonds is 7. The summed E-state index contributed by atoms with van der Waals surface area (Å²) in [6.45, 7) is 5.45. The molecule has 31 heavy (non-hydrogen) atoms. The van der Waals surface area contributed by atoms with E-state index in [1.807, 2.05) is 55.7 Å². The van der Waals surface area contributed by atoms with Gasteiger partial charge in [0.1, 0.15) is 5.82 Å². The van der Waals surface area contributed by atoms with E-state index in [0.29, 0.717) is 17.9 Å². The van der Waals surface area contributed by atoms with Crippen LogP contribution in [-0.2, 0) is 13.0 Å². The lowest BCUT2D eigenvalue weighted by molar-refractivity contribution is 0.0947. The first-order valence-corrected chi connectivity index (χ1v) is 11.0. The van der Waals surface area contributed by atoms with Crippen LogP contribution in [0.25, 0.3) is 0 Å². The summed E-state index contributed by atoms with van der Waals surface area (Å²) < 4.78 is 0. The third-order valence-electron chi connectivity index (χ3n) is 5.89. The second-order valence-corrected chi connectivity index (χ2v) is 8.11. The van der Waals surface area contributed by atoms with Crippen LogP contribution >= 0.6 is 0 Å². The van der Waals surface area contributed by atoms with E-state index in [9.17, 15) is 4.79 Å². The smallest absolute Gasteiger partial charge is 0.254 e. The molecule has 0 atom stereocenters. The molecule has 3 heterocycles. The molecule has 2 aromatic heterocycles. The third-order valence-corrected chi connectivity index (χ3v) is 5.89. The highest BCUT2D eigenvalue weighted by atomic mass is 16.1. The highest BCUT2D eigenvalue weighted by Crippen LogP contribution is 2.29. The topological polar surface area (TPSA) is 71.0 Å². The van der Waals surface area contributed by atoms with Crippen molar-refractivity contribution in [2.75, 3.05) is 19.6 Å². The number of pyridine rings is 1. The summed E-state index contributed by atoms with van der Waals surface area (Å²) in [6.07, 6.45) is 8.46. The summed E-state index contributed by atoms with van der Waals surface area (Å²) in [5.41, 5.74) is 3.85. The van der Waals surface area contributed by atoms with Crippen LogP contribution in [0.3, 0.4) is 0 Å². The molecule has 1 saturated heterocycles. The van der Waals surface area contributed by atoms with E-state index in [-0.39, 0.29) is 11.8 Å². The monoisotopic (exact) mass is 415 g/mol. The Hall–Kier alpha value is -3.12. The quantitative estimate of drug-likeness (QED) is 0.639. The maximum Gasteiger partial charge on any atom is 0.254 e. The Morgan fingerprint density at radius 3 is 2.58 bits per heavy atom. The van der Waals surface area contributed by atoms with Crippen molar-refractivity contribution < 1.29 is 4.79 Å². The van der Waals surface area contributed by atoms with Gasteiger partial charge in [0.05, 0.1) is 11.3 Å². The minimum atomic E-state index is -0.0992. The van der Waals surface area contributed by atoms with E-state index in [2.05, 4.69) is 26.3 Å². The van der Waals surface area contributed by atoms with Crippen LogP contribution in [0.5, 0.6) is 0 Å². The molecule has 1 aliphatic heterocycles. The van der Waals surface area contributed by atoms with E-state index < -0.39 is 0 Å². The summed E-state index contributed by atoms with van der Waals surface area (Å²) >= 11 is 0. The number of piperidine rings is 1. The zero-order chi connectivity index (χ0) is 21.5. The SMILES string of the molecule is Cc1ncc(C(=O)NCc2ccccc2)c(C2CCN(CCc3cccnc3)CC2)n1. The van der Waals surface area contributed by atoms with Crippen LogP contribution < -0.4 is 5.32 Å². The van der Waals surface area contributed by atoms with Crippen molar-refractivity contribution in [2.45, 2.75) is 38.6 Å². The van der Waals surface area contributed by atoms with Crippen molar-refractivity contribution in [3.63, 3.8) is 0 Å². The van der Waals surface area contributed by atoms with Crippen molar-refractivity contribution in [1.29, 1.82) is 0 Å².